The highest BCUT2D eigenvalue weighted by Crippen LogP contribution is 2.44. The Labute approximate surface area is 64.7 Å². The van der Waals surface area contributed by atoms with E-state index in [1.807, 2.05) is 0 Å². The fourth-order valence-corrected chi connectivity index (χ4v) is 1.77. The normalized spacial score (nSPS) is 56.5. The quantitative estimate of drug-likeness (QED) is 0.489. The molecule has 11 heavy (non-hydrogen) atoms. The predicted octanol–water partition coefficient (Wildman–Crippen LogP) is -0.755. The monoisotopic (exact) mass is 160 g/mol. The molecule has 2 heterocycles. The van der Waals surface area contributed by atoms with Crippen molar-refractivity contribution in [2.24, 2.45) is 0 Å². The Balaban J connectivity index is 2.33. The van der Waals surface area contributed by atoms with E-state index in [0.29, 0.717) is 13.0 Å². The molecule has 64 valence electrons. The molecule has 0 aromatic carbocycles. The molecule has 2 aliphatic heterocycles. The highest BCUT2D eigenvalue weighted by Gasteiger charge is 2.62. The lowest BCUT2D eigenvalue weighted by molar-refractivity contribution is -0.229. The lowest BCUT2D eigenvalue weighted by atomic mass is 9.90. The van der Waals surface area contributed by atoms with Crippen LogP contribution in [0.15, 0.2) is 0 Å². The van der Waals surface area contributed by atoms with Gasteiger partial charge in [-0.2, -0.15) is 0 Å². The fourth-order valence-electron chi connectivity index (χ4n) is 1.77. The van der Waals surface area contributed by atoms with Crippen LogP contribution in [0.25, 0.3) is 0 Å². The molecule has 0 spiro atoms. The Morgan fingerprint density at radius 2 is 2.18 bits per heavy atom. The molecule has 0 aliphatic carbocycles. The SMILES string of the molecule is C[C@]12OCC[C@@]1(O)C(O)CO2. The second kappa shape index (κ2) is 1.95. The summed E-state index contributed by atoms with van der Waals surface area (Å²) in [7, 11) is 0. The van der Waals surface area contributed by atoms with E-state index in [1.54, 1.807) is 6.92 Å². The Kier molecular flexibility index (Phi) is 1.33. The molecule has 0 aromatic rings. The first kappa shape index (κ1) is 7.49. The van der Waals surface area contributed by atoms with Crippen molar-refractivity contribution in [2.75, 3.05) is 13.2 Å². The van der Waals surface area contributed by atoms with Crippen molar-refractivity contribution in [1.82, 2.24) is 0 Å². The van der Waals surface area contributed by atoms with Crippen LogP contribution in [0.3, 0.4) is 0 Å². The van der Waals surface area contributed by atoms with Crippen LogP contribution in [0.4, 0.5) is 0 Å². The molecule has 0 saturated carbocycles. The molecule has 2 fully saturated rings. The lowest BCUT2D eigenvalue weighted by Gasteiger charge is -2.30. The van der Waals surface area contributed by atoms with Gasteiger partial charge in [-0.15, -0.1) is 0 Å². The van der Waals surface area contributed by atoms with E-state index in [9.17, 15) is 10.2 Å². The van der Waals surface area contributed by atoms with Gasteiger partial charge in [-0.05, 0) is 6.92 Å². The molecule has 0 radical (unpaired) electrons. The van der Waals surface area contributed by atoms with E-state index < -0.39 is 17.5 Å². The van der Waals surface area contributed by atoms with Crippen molar-refractivity contribution in [3.63, 3.8) is 0 Å². The van der Waals surface area contributed by atoms with E-state index in [-0.39, 0.29) is 6.61 Å². The molecule has 3 atom stereocenters. The van der Waals surface area contributed by atoms with Gasteiger partial charge in [0.25, 0.3) is 0 Å². The maximum atomic E-state index is 9.86. The largest absolute Gasteiger partial charge is 0.387 e. The Morgan fingerprint density at radius 3 is 2.82 bits per heavy atom. The summed E-state index contributed by atoms with van der Waals surface area (Å²) in [6.07, 6.45) is -0.361. The van der Waals surface area contributed by atoms with Crippen molar-refractivity contribution in [3.05, 3.63) is 0 Å². The summed E-state index contributed by atoms with van der Waals surface area (Å²) in [5, 5.41) is 19.2. The van der Waals surface area contributed by atoms with E-state index in [0.717, 1.165) is 0 Å². The topological polar surface area (TPSA) is 58.9 Å². The number of aliphatic hydroxyl groups excluding tert-OH is 1. The van der Waals surface area contributed by atoms with Gasteiger partial charge in [0.2, 0.25) is 0 Å². The number of aliphatic hydroxyl groups is 2. The zero-order chi connectivity index (χ0) is 8.11. The first-order chi connectivity index (χ1) is 5.08. The Bertz CT molecular complexity index is 183. The maximum Gasteiger partial charge on any atom is 0.197 e. The van der Waals surface area contributed by atoms with Gasteiger partial charge in [-0.3, -0.25) is 0 Å². The van der Waals surface area contributed by atoms with E-state index in [2.05, 4.69) is 0 Å². The predicted molar refractivity (Wildman–Crippen MR) is 35.9 cm³/mol. The van der Waals surface area contributed by atoms with E-state index in [1.165, 1.54) is 0 Å². The molecule has 0 bridgehead atoms. The standard InChI is InChI=1S/C7H12O4/c1-6-7(9,2-3-10-6)5(8)4-11-6/h5,8-9H,2-4H2,1H3/t5?,6-,7-/m1/s1. The van der Waals surface area contributed by atoms with Crippen LogP contribution in [0.1, 0.15) is 13.3 Å². The van der Waals surface area contributed by atoms with Crippen LogP contribution < -0.4 is 0 Å². The van der Waals surface area contributed by atoms with E-state index >= 15 is 0 Å². The van der Waals surface area contributed by atoms with Crippen molar-refractivity contribution in [1.29, 1.82) is 0 Å². The summed E-state index contributed by atoms with van der Waals surface area (Å²) in [5.41, 5.74) is -1.19. The Morgan fingerprint density at radius 1 is 1.45 bits per heavy atom. The molecule has 2 rings (SSSR count). The summed E-state index contributed by atoms with van der Waals surface area (Å²) in [6.45, 7) is 2.27. The summed E-state index contributed by atoms with van der Waals surface area (Å²) >= 11 is 0. The second-order valence-corrected chi connectivity index (χ2v) is 3.30. The van der Waals surface area contributed by atoms with Crippen molar-refractivity contribution >= 4 is 0 Å². The number of rotatable bonds is 0. The summed E-state index contributed by atoms with van der Waals surface area (Å²) in [4.78, 5) is 0. The third kappa shape index (κ3) is 0.727. The first-order valence-corrected chi connectivity index (χ1v) is 3.77. The molecule has 4 heteroatoms. The molecule has 0 aromatic heterocycles. The van der Waals surface area contributed by atoms with Crippen molar-refractivity contribution < 1.29 is 19.7 Å². The maximum absolute atomic E-state index is 9.86. The van der Waals surface area contributed by atoms with Gasteiger partial charge >= 0.3 is 0 Å². The van der Waals surface area contributed by atoms with Crippen LogP contribution in [0.5, 0.6) is 0 Å². The molecule has 0 amide bonds. The average Bonchev–Trinajstić information content (AvgIpc) is 2.34. The van der Waals surface area contributed by atoms with Gasteiger partial charge in [0.05, 0.1) is 13.2 Å². The average molecular weight is 160 g/mol. The van der Waals surface area contributed by atoms with Gasteiger partial charge in [-0.25, -0.2) is 0 Å². The van der Waals surface area contributed by atoms with Crippen LogP contribution in [-0.2, 0) is 9.47 Å². The van der Waals surface area contributed by atoms with Gasteiger partial charge in [0.1, 0.15) is 11.7 Å². The smallest absolute Gasteiger partial charge is 0.197 e. The lowest BCUT2D eigenvalue weighted by Crippen LogP contribution is -2.50. The van der Waals surface area contributed by atoms with Crippen LogP contribution in [0.2, 0.25) is 0 Å². The molecular formula is C7H12O4. The molecule has 1 unspecified atom stereocenters. The Hall–Kier alpha value is -0.160. The van der Waals surface area contributed by atoms with Crippen molar-refractivity contribution in [3.8, 4) is 0 Å². The number of hydrogen-bond acceptors (Lipinski definition) is 4. The minimum atomic E-state index is -1.19. The van der Waals surface area contributed by atoms with Crippen LogP contribution in [-0.4, -0.2) is 40.9 Å². The van der Waals surface area contributed by atoms with Crippen LogP contribution in [0, 0.1) is 0 Å². The van der Waals surface area contributed by atoms with Gasteiger partial charge in [0.15, 0.2) is 5.79 Å². The van der Waals surface area contributed by atoms with Crippen LogP contribution >= 0.6 is 0 Å². The van der Waals surface area contributed by atoms with E-state index in [4.69, 9.17) is 9.47 Å². The first-order valence-electron chi connectivity index (χ1n) is 3.77. The minimum Gasteiger partial charge on any atom is -0.387 e. The minimum absolute atomic E-state index is 0.160. The van der Waals surface area contributed by atoms with Gasteiger partial charge in [-0.1, -0.05) is 0 Å². The summed E-state index contributed by atoms with van der Waals surface area (Å²) in [6, 6.07) is 0. The summed E-state index contributed by atoms with van der Waals surface area (Å²) in [5.74, 6) is -0.980. The molecule has 2 saturated heterocycles. The van der Waals surface area contributed by atoms with Gasteiger partial charge in [0, 0.05) is 6.42 Å². The number of hydrogen-bond donors (Lipinski definition) is 2. The molecule has 2 aliphatic rings. The zero-order valence-corrected chi connectivity index (χ0v) is 6.41. The summed E-state index contributed by atoms with van der Waals surface area (Å²) < 4.78 is 10.4. The molecule has 4 nitrogen and oxygen atoms in total. The zero-order valence-electron chi connectivity index (χ0n) is 6.41. The van der Waals surface area contributed by atoms with Crippen molar-refractivity contribution in [2.45, 2.75) is 30.8 Å². The van der Waals surface area contributed by atoms with Gasteiger partial charge < -0.3 is 19.7 Å². The number of fused-ring (bicyclic) bond motifs is 1. The number of ether oxygens (including phenoxy) is 2. The highest BCUT2D eigenvalue weighted by atomic mass is 16.7. The second-order valence-electron chi connectivity index (χ2n) is 3.30. The third-order valence-electron chi connectivity index (χ3n) is 2.71. The third-order valence-corrected chi connectivity index (χ3v) is 2.71. The fraction of sp³-hybridized carbons (Fsp3) is 1.00. The highest BCUT2D eigenvalue weighted by molar-refractivity contribution is 5.05. The molecule has 2 N–H and O–H groups in total. The molecular weight excluding hydrogens is 148 g/mol.